The molecule has 62 valence electrons. The van der Waals surface area contributed by atoms with Crippen LogP contribution in [0, 0.1) is 11.3 Å². The summed E-state index contributed by atoms with van der Waals surface area (Å²) in [7, 11) is 5.92. The van der Waals surface area contributed by atoms with Crippen LogP contribution < -0.4 is 0 Å². The monoisotopic (exact) mass is 170 g/mol. The third-order valence-electron chi connectivity index (χ3n) is 2.97. The Bertz CT molecular complexity index is 149. The Kier molecular flexibility index (Phi) is 2.60. The van der Waals surface area contributed by atoms with Crippen LogP contribution >= 0.6 is 11.8 Å². The van der Waals surface area contributed by atoms with Crippen molar-refractivity contribution in [2.24, 2.45) is 11.3 Å². The molecule has 0 aromatic rings. The zero-order chi connectivity index (χ0) is 8.65. The van der Waals surface area contributed by atoms with Crippen LogP contribution in [0.5, 0.6) is 0 Å². The second kappa shape index (κ2) is 3.02. The molecule has 1 aliphatic heterocycles. The lowest BCUT2D eigenvalue weighted by Crippen LogP contribution is -2.29. The molecule has 0 bridgehead atoms. The van der Waals surface area contributed by atoms with Crippen molar-refractivity contribution < 1.29 is 5.11 Å². The van der Waals surface area contributed by atoms with E-state index in [4.69, 9.17) is 13.0 Å². The smallest absolute Gasteiger partial charge is 0.0854 e. The van der Waals surface area contributed by atoms with E-state index in [1.807, 2.05) is 0 Å². The van der Waals surface area contributed by atoms with Crippen LogP contribution in [0.4, 0.5) is 0 Å². The first-order chi connectivity index (χ1) is 5.00. The maximum atomic E-state index is 9.01. The summed E-state index contributed by atoms with van der Waals surface area (Å²) in [6.07, 6.45) is 0. The van der Waals surface area contributed by atoms with Gasteiger partial charge in [0.2, 0.25) is 0 Å². The van der Waals surface area contributed by atoms with Gasteiger partial charge >= 0.3 is 0 Å². The van der Waals surface area contributed by atoms with E-state index in [9.17, 15) is 0 Å². The Morgan fingerprint density at radius 2 is 2.09 bits per heavy atom. The van der Waals surface area contributed by atoms with E-state index in [2.05, 4.69) is 20.8 Å². The molecule has 3 heteroatoms. The lowest BCUT2D eigenvalue weighted by atomic mass is 9.70. The molecule has 1 nitrogen and oxygen atoms in total. The van der Waals surface area contributed by atoms with Crippen molar-refractivity contribution in [2.75, 3.05) is 6.61 Å². The number of hydrogen-bond acceptors (Lipinski definition) is 2. The molecule has 2 radical (unpaired) electrons. The molecule has 1 aliphatic rings. The molecule has 0 unspecified atom stereocenters. The third-order valence-corrected chi connectivity index (χ3v) is 4.77. The zero-order valence-corrected chi connectivity index (χ0v) is 8.19. The van der Waals surface area contributed by atoms with Gasteiger partial charge in [0.05, 0.1) is 14.5 Å². The molecule has 0 aliphatic carbocycles. The summed E-state index contributed by atoms with van der Waals surface area (Å²) >= 11 is 1.71. The van der Waals surface area contributed by atoms with Gasteiger partial charge in [-0.2, -0.15) is 11.8 Å². The zero-order valence-electron chi connectivity index (χ0n) is 7.37. The van der Waals surface area contributed by atoms with Crippen molar-refractivity contribution >= 4 is 19.6 Å². The van der Waals surface area contributed by atoms with Crippen molar-refractivity contribution in [3.8, 4) is 0 Å². The van der Waals surface area contributed by atoms with Crippen LogP contribution in [0.3, 0.4) is 0 Å². The van der Waals surface area contributed by atoms with Crippen molar-refractivity contribution in [3.63, 3.8) is 0 Å². The largest absolute Gasteiger partial charge is 0.395 e. The van der Waals surface area contributed by atoms with Gasteiger partial charge in [-0.05, 0) is 16.5 Å². The molecular formula is C8H15BOS. The molecule has 0 spiro atoms. The number of hydrogen-bond donors (Lipinski definition) is 1. The summed E-state index contributed by atoms with van der Waals surface area (Å²) in [4.78, 5) is 0. The Morgan fingerprint density at radius 3 is 2.27 bits per heavy atom. The Labute approximate surface area is 74.4 Å². The van der Waals surface area contributed by atoms with Crippen molar-refractivity contribution in [3.05, 3.63) is 0 Å². The van der Waals surface area contributed by atoms with Crippen LogP contribution in [0.25, 0.3) is 0 Å². The molecule has 0 saturated carbocycles. The first-order valence-electron chi connectivity index (χ1n) is 4.02. The van der Waals surface area contributed by atoms with E-state index >= 15 is 0 Å². The standard InChI is InChI=1S/C8H15BOS/c1-5-6(4-10)11-7(9)8(5,2)3/h5-7,10H,4H2,1-3H3/t5-,6-,7-/m1/s1. The molecule has 1 fully saturated rings. The highest BCUT2D eigenvalue weighted by Crippen LogP contribution is 2.49. The van der Waals surface area contributed by atoms with Gasteiger partial charge < -0.3 is 5.11 Å². The Balaban J connectivity index is 2.71. The molecule has 1 saturated heterocycles. The van der Waals surface area contributed by atoms with E-state index in [-0.39, 0.29) is 17.2 Å². The summed E-state index contributed by atoms with van der Waals surface area (Å²) in [5.74, 6) is 0.507. The van der Waals surface area contributed by atoms with Crippen LogP contribution in [0.1, 0.15) is 20.8 Å². The number of thioether (sulfide) groups is 1. The van der Waals surface area contributed by atoms with Crippen LogP contribution in [-0.4, -0.2) is 30.0 Å². The van der Waals surface area contributed by atoms with Gasteiger partial charge in [0, 0.05) is 5.25 Å². The number of rotatable bonds is 1. The molecule has 11 heavy (non-hydrogen) atoms. The second-order valence-electron chi connectivity index (χ2n) is 3.89. The van der Waals surface area contributed by atoms with E-state index in [1.165, 1.54) is 0 Å². The minimum atomic E-state index is 0.165. The summed E-state index contributed by atoms with van der Waals surface area (Å²) in [6.45, 7) is 6.76. The molecule has 0 aromatic carbocycles. The highest BCUT2D eigenvalue weighted by molar-refractivity contribution is 8.01. The van der Waals surface area contributed by atoms with Gasteiger partial charge in [0.15, 0.2) is 0 Å². The molecule has 1 N–H and O–H groups in total. The molecular weight excluding hydrogens is 155 g/mol. The third kappa shape index (κ3) is 1.45. The lowest BCUT2D eigenvalue weighted by molar-refractivity contribution is 0.210. The highest BCUT2D eigenvalue weighted by Gasteiger charge is 2.43. The lowest BCUT2D eigenvalue weighted by Gasteiger charge is -2.28. The second-order valence-corrected chi connectivity index (χ2v) is 5.27. The van der Waals surface area contributed by atoms with Crippen LogP contribution in [-0.2, 0) is 0 Å². The maximum absolute atomic E-state index is 9.01. The average molecular weight is 170 g/mol. The number of aliphatic hydroxyl groups is 1. The normalized spacial score (nSPS) is 42.7. The quantitative estimate of drug-likeness (QED) is 0.597. The van der Waals surface area contributed by atoms with Crippen LogP contribution in [0.15, 0.2) is 0 Å². The van der Waals surface area contributed by atoms with E-state index in [1.54, 1.807) is 11.8 Å². The topological polar surface area (TPSA) is 20.2 Å². The first kappa shape index (κ1) is 9.46. The minimum Gasteiger partial charge on any atom is -0.395 e. The highest BCUT2D eigenvalue weighted by atomic mass is 32.2. The fourth-order valence-corrected chi connectivity index (χ4v) is 3.04. The SMILES string of the molecule is [B][C@@H]1S[C@H](CO)[C@@H](C)C1(C)C. The molecule has 0 aromatic heterocycles. The van der Waals surface area contributed by atoms with Crippen molar-refractivity contribution in [1.82, 2.24) is 0 Å². The maximum Gasteiger partial charge on any atom is 0.0854 e. The Morgan fingerprint density at radius 1 is 1.55 bits per heavy atom. The van der Waals surface area contributed by atoms with Crippen LogP contribution in [0.2, 0.25) is 0 Å². The fraction of sp³-hybridized carbons (Fsp3) is 1.00. The molecule has 0 amide bonds. The van der Waals surface area contributed by atoms with Gasteiger partial charge in [-0.25, -0.2) is 0 Å². The molecule has 1 rings (SSSR count). The van der Waals surface area contributed by atoms with Crippen molar-refractivity contribution in [1.29, 1.82) is 0 Å². The Hall–Kier alpha value is 0.375. The summed E-state index contributed by atoms with van der Waals surface area (Å²) in [5, 5.41) is 9.52. The summed E-state index contributed by atoms with van der Waals surface area (Å²) in [5.41, 5.74) is 0.165. The van der Waals surface area contributed by atoms with Gasteiger partial charge in [-0.3, -0.25) is 0 Å². The predicted molar refractivity (Wildman–Crippen MR) is 51.0 cm³/mol. The average Bonchev–Trinajstić information content (AvgIpc) is 2.14. The van der Waals surface area contributed by atoms with E-state index in [0.717, 1.165) is 0 Å². The van der Waals surface area contributed by atoms with E-state index < -0.39 is 0 Å². The molecule has 3 atom stereocenters. The minimum absolute atomic E-state index is 0.165. The predicted octanol–water partition coefficient (Wildman–Crippen LogP) is 1.25. The van der Waals surface area contributed by atoms with Crippen molar-refractivity contribution in [2.45, 2.75) is 31.2 Å². The molecule has 1 heterocycles. The first-order valence-corrected chi connectivity index (χ1v) is 4.96. The number of aliphatic hydroxyl groups excluding tert-OH is 1. The fourth-order valence-electron chi connectivity index (χ4n) is 1.42. The van der Waals surface area contributed by atoms with Gasteiger partial charge in [-0.1, -0.05) is 20.8 Å². The van der Waals surface area contributed by atoms with Gasteiger partial charge in [0.1, 0.15) is 0 Å². The van der Waals surface area contributed by atoms with E-state index in [0.29, 0.717) is 11.2 Å². The van der Waals surface area contributed by atoms with Gasteiger partial charge in [-0.15, -0.1) is 0 Å². The summed E-state index contributed by atoms with van der Waals surface area (Å²) in [6, 6.07) is 0. The van der Waals surface area contributed by atoms with Gasteiger partial charge in [0.25, 0.3) is 0 Å². The summed E-state index contributed by atoms with van der Waals surface area (Å²) < 4.78 is 0.